The Labute approximate surface area is 155 Å². The monoisotopic (exact) mass is 355 g/mol. The average Bonchev–Trinajstić information content (AvgIpc) is 2.66. The highest BCUT2D eigenvalue weighted by atomic mass is 16.5. The minimum absolute atomic E-state index is 0.00437. The van der Waals surface area contributed by atoms with Gasteiger partial charge in [0.2, 0.25) is 0 Å². The predicted octanol–water partition coefficient (Wildman–Crippen LogP) is 1.37. The van der Waals surface area contributed by atoms with E-state index in [0.29, 0.717) is 18.7 Å². The van der Waals surface area contributed by atoms with Crippen molar-refractivity contribution < 1.29 is 19.2 Å². The topological polar surface area (TPSA) is 59.8 Å². The van der Waals surface area contributed by atoms with Gasteiger partial charge in [0.05, 0.1) is 19.7 Å². The molecule has 2 N–H and O–H groups in total. The van der Waals surface area contributed by atoms with Gasteiger partial charge in [-0.1, -0.05) is 43.3 Å². The molecule has 2 rings (SSSR count). The zero-order valence-corrected chi connectivity index (χ0v) is 15.7. The van der Waals surface area contributed by atoms with E-state index in [1.54, 1.807) is 12.1 Å². The molecule has 5 heteroatoms. The highest BCUT2D eigenvalue weighted by Gasteiger charge is 2.11. The van der Waals surface area contributed by atoms with Crippen molar-refractivity contribution in [3.63, 3.8) is 0 Å². The van der Waals surface area contributed by atoms with E-state index in [1.807, 2.05) is 19.2 Å². The standard InChI is InChI=1S/C21H26N2O3/c1-4-16-5-7-18(8-6-16)14-23(2)15-20(24)22-13-17-9-11-19(12-10-17)21(25)26-3/h5-12H,4,13-15H2,1-3H3,(H,22,24)/p+1. The van der Waals surface area contributed by atoms with Gasteiger partial charge in [-0.15, -0.1) is 0 Å². The maximum atomic E-state index is 12.1. The fourth-order valence-corrected chi connectivity index (χ4v) is 2.72. The second-order valence-corrected chi connectivity index (χ2v) is 6.45. The van der Waals surface area contributed by atoms with Crippen LogP contribution in [0.5, 0.6) is 0 Å². The molecule has 0 aliphatic heterocycles. The second kappa shape index (κ2) is 9.73. The highest BCUT2D eigenvalue weighted by molar-refractivity contribution is 5.89. The van der Waals surface area contributed by atoms with E-state index in [-0.39, 0.29) is 11.9 Å². The molecule has 1 unspecified atom stereocenters. The smallest absolute Gasteiger partial charge is 0.337 e. The molecule has 0 aliphatic rings. The van der Waals surface area contributed by atoms with E-state index < -0.39 is 0 Å². The maximum absolute atomic E-state index is 12.1. The van der Waals surface area contributed by atoms with E-state index in [1.165, 1.54) is 18.2 Å². The number of carbonyl (C=O) groups is 2. The van der Waals surface area contributed by atoms with Gasteiger partial charge < -0.3 is 15.0 Å². The first kappa shape index (κ1) is 19.7. The Hall–Kier alpha value is -2.66. The summed E-state index contributed by atoms with van der Waals surface area (Å²) in [5.41, 5.74) is 3.99. The molecule has 0 aromatic heterocycles. The number of carbonyl (C=O) groups excluding carboxylic acids is 2. The second-order valence-electron chi connectivity index (χ2n) is 6.45. The van der Waals surface area contributed by atoms with E-state index in [2.05, 4.69) is 41.2 Å². The Balaban J connectivity index is 1.77. The Morgan fingerprint density at radius 3 is 2.12 bits per heavy atom. The normalized spacial score (nSPS) is 11.7. The number of aryl methyl sites for hydroxylation is 1. The van der Waals surface area contributed by atoms with Gasteiger partial charge in [-0.25, -0.2) is 4.79 Å². The number of esters is 1. The fourth-order valence-electron chi connectivity index (χ4n) is 2.72. The minimum Gasteiger partial charge on any atom is -0.465 e. The van der Waals surface area contributed by atoms with Crippen molar-refractivity contribution in [2.24, 2.45) is 0 Å². The van der Waals surface area contributed by atoms with Crippen LogP contribution in [-0.4, -0.2) is 32.6 Å². The van der Waals surface area contributed by atoms with Crippen molar-refractivity contribution in [2.75, 3.05) is 20.7 Å². The first-order valence-electron chi connectivity index (χ1n) is 8.85. The molecule has 0 bridgehead atoms. The summed E-state index contributed by atoms with van der Waals surface area (Å²) in [6, 6.07) is 15.6. The summed E-state index contributed by atoms with van der Waals surface area (Å²) >= 11 is 0. The number of ether oxygens (including phenoxy) is 1. The van der Waals surface area contributed by atoms with E-state index in [4.69, 9.17) is 0 Å². The molecule has 1 amide bonds. The number of amides is 1. The van der Waals surface area contributed by atoms with Gasteiger partial charge in [0.25, 0.3) is 5.91 Å². The van der Waals surface area contributed by atoms with Gasteiger partial charge >= 0.3 is 5.97 Å². The van der Waals surface area contributed by atoms with Gasteiger partial charge in [-0.3, -0.25) is 4.79 Å². The molecule has 138 valence electrons. The van der Waals surface area contributed by atoms with Crippen LogP contribution in [0.25, 0.3) is 0 Å². The van der Waals surface area contributed by atoms with Crippen LogP contribution in [0.3, 0.4) is 0 Å². The summed E-state index contributed by atoms with van der Waals surface area (Å²) < 4.78 is 4.67. The third-order valence-electron chi connectivity index (χ3n) is 4.26. The highest BCUT2D eigenvalue weighted by Crippen LogP contribution is 2.05. The number of nitrogens with one attached hydrogen (secondary N) is 2. The molecule has 5 nitrogen and oxygen atoms in total. The summed E-state index contributed by atoms with van der Waals surface area (Å²) in [4.78, 5) is 24.7. The molecule has 0 heterocycles. The summed E-state index contributed by atoms with van der Waals surface area (Å²) in [5.74, 6) is -0.359. The lowest BCUT2D eigenvalue weighted by Crippen LogP contribution is -3.08. The summed E-state index contributed by atoms with van der Waals surface area (Å²) in [6.07, 6.45) is 1.03. The number of likely N-dealkylation sites (N-methyl/N-ethyl adjacent to an activating group) is 1. The number of quaternary nitrogens is 1. The number of methoxy groups -OCH3 is 1. The summed E-state index contributed by atoms with van der Waals surface area (Å²) in [5, 5.41) is 2.92. The Kier molecular flexibility index (Phi) is 7.36. The molecule has 1 atom stereocenters. The van der Waals surface area contributed by atoms with Crippen LogP contribution >= 0.6 is 0 Å². The van der Waals surface area contributed by atoms with Crippen LogP contribution in [0.1, 0.15) is 34.0 Å². The zero-order chi connectivity index (χ0) is 18.9. The van der Waals surface area contributed by atoms with Gasteiger partial charge in [0.1, 0.15) is 6.54 Å². The van der Waals surface area contributed by atoms with Crippen LogP contribution in [0, 0.1) is 0 Å². The average molecular weight is 355 g/mol. The van der Waals surface area contributed by atoms with Crippen molar-refractivity contribution in [3.05, 3.63) is 70.8 Å². The fraction of sp³-hybridized carbons (Fsp3) is 0.333. The van der Waals surface area contributed by atoms with Crippen LogP contribution in [0.2, 0.25) is 0 Å². The van der Waals surface area contributed by atoms with E-state index in [0.717, 1.165) is 23.4 Å². The SMILES string of the molecule is CCc1ccc(C[NH+](C)CC(=O)NCc2ccc(C(=O)OC)cc2)cc1. The molecule has 2 aromatic rings. The molecule has 26 heavy (non-hydrogen) atoms. The predicted molar refractivity (Wildman–Crippen MR) is 101 cm³/mol. The third kappa shape index (κ3) is 6.01. The van der Waals surface area contributed by atoms with E-state index in [9.17, 15) is 9.59 Å². The van der Waals surface area contributed by atoms with Gasteiger partial charge in [-0.2, -0.15) is 0 Å². The van der Waals surface area contributed by atoms with Crippen LogP contribution in [0.4, 0.5) is 0 Å². The number of hydrogen-bond donors (Lipinski definition) is 2. The summed E-state index contributed by atoms with van der Waals surface area (Å²) in [7, 11) is 3.37. The molecule has 0 spiro atoms. The number of hydrogen-bond acceptors (Lipinski definition) is 3. The summed E-state index contributed by atoms with van der Waals surface area (Å²) in [6.45, 7) is 3.81. The lowest BCUT2D eigenvalue weighted by molar-refractivity contribution is -0.885. The molecular weight excluding hydrogens is 328 g/mol. The largest absolute Gasteiger partial charge is 0.465 e. The molecular formula is C21H27N2O3+. The quantitative estimate of drug-likeness (QED) is 0.703. The Morgan fingerprint density at radius 2 is 1.54 bits per heavy atom. The molecule has 0 radical (unpaired) electrons. The first-order chi connectivity index (χ1) is 12.5. The van der Waals surface area contributed by atoms with Gasteiger partial charge in [-0.05, 0) is 29.7 Å². The number of benzene rings is 2. The Morgan fingerprint density at radius 1 is 0.962 bits per heavy atom. The molecule has 2 aromatic carbocycles. The molecule has 0 saturated carbocycles. The van der Waals surface area contributed by atoms with Crippen molar-refractivity contribution >= 4 is 11.9 Å². The molecule has 0 fully saturated rings. The van der Waals surface area contributed by atoms with Crippen molar-refractivity contribution in [2.45, 2.75) is 26.4 Å². The van der Waals surface area contributed by atoms with Gasteiger partial charge in [0.15, 0.2) is 6.54 Å². The third-order valence-corrected chi connectivity index (χ3v) is 4.26. The maximum Gasteiger partial charge on any atom is 0.337 e. The lowest BCUT2D eigenvalue weighted by atomic mass is 10.1. The van der Waals surface area contributed by atoms with Crippen molar-refractivity contribution in [3.8, 4) is 0 Å². The lowest BCUT2D eigenvalue weighted by Gasteiger charge is -2.14. The van der Waals surface area contributed by atoms with E-state index >= 15 is 0 Å². The van der Waals surface area contributed by atoms with Crippen LogP contribution in [0.15, 0.2) is 48.5 Å². The van der Waals surface area contributed by atoms with Crippen LogP contribution in [-0.2, 0) is 29.0 Å². The van der Waals surface area contributed by atoms with Crippen LogP contribution < -0.4 is 10.2 Å². The van der Waals surface area contributed by atoms with Crippen molar-refractivity contribution in [1.82, 2.24) is 5.32 Å². The zero-order valence-electron chi connectivity index (χ0n) is 15.7. The first-order valence-corrected chi connectivity index (χ1v) is 8.85. The molecule has 0 saturated heterocycles. The van der Waals surface area contributed by atoms with Crippen molar-refractivity contribution in [1.29, 1.82) is 0 Å². The Bertz CT molecular complexity index is 724. The molecule has 0 aliphatic carbocycles. The number of rotatable bonds is 8. The minimum atomic E-state index is -0.363. The van der Waals surface area contributed by atoms with Gasteiger partial charge in [0, 0.05) is 12.1 Å².